The summed E-state index contributed by atoms with van der Waals surface area (Å²) in [7, 11) is 0. The molecule has 0 saturated carbocycles. The van der Waals surface area contributed by atoms with E-state index in [-0.39, 0.29) is 0 Å². The number of aromatic nitrogens is 3. The topological polar surface area (TPSA) is 53.7 Å². The summed E-state index contributed by atoms with van der Waals surface area (Å²) in [5.74, 6) is 0. The average molecular weight is 349 g/mol. The summed E-state index contributed by atoms with van der Waals surface area (Å²) < 4.78 is 1.74. The van der Waals surface area contributed by atoms with Crippen molar-refractivity contribution in [2.45, 2.75) is 13.3 Å². The lowest BCUT2D eigenvalue weighted by molar-refractivity contribution is 0.111. The molecule has 3 aromatic rings. The predicted octanol–water partition coefficient (Wildman–Crippen LogP) is 2.74. The van der Waals surface area contributed by atoms with Crippen LogP contribution in [-0.4, -0.2) is 58.5 Å². The highest BCUT2D eigenvalue weighted by Gasteiger charge is 2.17. The average Bonchev–Trinajstić information content (AvgIpc) is 3.12. The van der Waals surface area contributed by atoms with Crippen LogP contribution in [0.2, 0.25) is 0 Å². The highest BCUT2D eigenvalue weighted by molar-refractivity contribution is 5.73. The molecule has 134 valence electrons. The smallest absolute Gasteiger partial charge is 0.170 e. The van der Waals surface area contributed by atoms with Gasteiger partial charge in [0.15, 0.2) is 11.9 Å². The Bertz CT molecular complexity index is 911. The number of aldehydes is 1. The monoisotopic (exact) mass is 349 g/mol. The first-order valence-electron chi connectivity index (χ1n) is 9.16. The van der Waals surface area contributed by atoms with Gasteiger partial charge in [-0.05, 0) is 37.2 Å². The maximum absolute atomic E-state index is 11.0. The van der Waals surface area contributed by atoms with Crippen LogP contribution in [0.25, 0.3) is 16.9 Å². The highest BCUT2D eigenvalue weighted by Crippen LogP contribution is 2.26. The number of carbonyl (C=O) groups excluding carboxylic acids is 1. The van der Waals surface area contributed by atoms with Crippen LogP contribution < -0.4 is 4.90 Å². The quantitative estimate of drug-likeness (QED) is 0.663. The molecule has 26 heavy (non-hydrogen) atoms. The molecule has 3 heterocycles. The first-order chi connectivity index (χ1) is 12.8. The summed E-state index contributed by atoms with van der Waals surface area (Å²) in [6.07, 6.45) is 3.78. The molecule has 0 N–H and O–H groups in total. The Morgan fingerprint density at radius 3 is 2.73 bits per heavy atom. The van der Waals surface area contributed by atoms with Gasteiger partial charge in [-0.15, -0.1) is 0 Å². The van der Waals surface area contributed by atoms with Crippen LogP contribution in [0, 0.1) is 0 Å². The Morgan fingerprint density at radius 2 is 1.96 bits per heavy atom. The zero-order valence-corrected chi connectivity index (χ0v) is 15.0. The van der Waals surface area contributed by atoms with Crippen LogP contribution in [0.1, 0.15) is 23.8 Å². The van der Waals surface area contributed by atoms with Crippen molar-refractivity contribution in [3.63, 3.8) is 0 Å². The van der Waals surface area contributed by atoms with Crippen LogP contribution in [0.4, 0.5) is 5.69 Å². The van der Waals surface area contributed by atoms with Crippen LogP contribution in [0.15, 0.2) is 42.6 Å². The first kappa shape index (κ1) is 16.7. The lowest BCUT2D eigenvalue weighted by Crippen LogP contribution is -2.46. The Balaban J connectivity index is 1.61. The normalized spacial score (nSPS) is 15.5. The molecule has 1 fully saturated rings. The SMILES string of the molecule is CCCN1CCN(c2cccc(-c3cnc4ccc(C=O)nn34)c2)CC1. The minimum atomic E-state index is 0.403. The van der Waals surface area contributed by atoms with Gasteiger partial charge in [-0.2, -0.15) is 5.10 Å². The summed E-state index contributed by atoms with van der Waals surface area (Å²) in [6, 6.07) is 12.0. The van der Waals surface area contributed by atoms with Crippen molar-refractivity contribution in [3.05, 3.63) is 48.3 Å². The zero-order chi connectivity index (χ0) is 17.9. The van der Waals surface area contributed by atoms with E-state index in [9.17, 15) is 4.79 Å². The number of hydrogen-bond acceptors (Lipinski definition) is 5. The number of imidazole rings is 1. The second-order valence-electron chi connectivity index (χ2n) is 6.67. The van der Waals surface area contributed by atoms with Crippen molar-refractivity contribution < 1.29 is 4.79 Å². The predicted molar refractivity (Wildman–Crippen MR) is 103 cm³/mol. The molecule has 1 aromatic carbocycles. The fourth-order valence-electron chi connectivity index (χ4n) is 3.56. The summed E-state index contributed by atoms with van der Waals surface area (Å²) >= 11 is 0. The summed E-state index contributed by atoms with van der Waals surface area (Å²) in [4.78, 5) is 20.4. The van der Waals surface area contributed by atoms with E-state index >= 15 is 0 Å². The molecule has 0 radical (unpaired) electrons. The third kappa shape index (κ3) is 3.20. The Hall–Kier alpha value is -2.73. The van der Waals surface area contributed by atoms with Gasteiger partial charge >= 0.3 is 0 Å². The molecule has 2 aromatic heterocycles. The van der Waals surface area contributed by atoms with Gasteiger partial charge in [0.2, 0.25) is 0 Å². The van der Waals surface area contributed by atoms with Crippen LogP contribution in [-0.2, 0) is 0 Å². The largest absolute Gasteiger partial charge is 0.369 e. The van der Waals surface area contributed by atoms with E-state index in [0.717, 1.165) is 49.4 Å². The van der Waals surface area contributed by atoms with E-state index in [0.29, 0.717) is 5.69 Å². The van der Waals surface area contributed by atoms with Crippen molar-refractivity contribution in [3.8, 4) is 11.3 Å². The molecule has 6 nitrogen and oxygen atoms in total. The Kier molecular flexibility index (Phi) is 4.67. The molecule has 6 heteroatoms. The second kappa shape index (κ2) is 7.25. The van der Waals surface area contributed by atoms with E-state index in [1.54, 1.807) is 10.6 Å². The van der Waals surface area contributed by atoms with Gasteiger partial charge in [0.25, 0.3) is 0 Å². The Morgan fingerprint density at radius 1 is 1.12 bits per heavy atom. The number of benzene rings is 1. The Labute approximate surface area is 153 Å². The summed E-state index contributed by atoms with van der Waals surface area (Å²) in [5.41, 5.74) is 4.32. The number of nitrogens with zero attached hydrogens (tertiary/aromatic N) is 5. The molecule has 0 amide bonds. The van der Waals surface area contributed by atoms with Crippen LogP contribution in [0.5, 0.6) is 0 Å². The molecule has 0 spiro atoms. The van der Waals surface area contributed by atoms with Gasteiger partial charge in [0.1, 0.15) is 5.69 Å². The fourth-order valence-corrected chi connectivity index (χ4v) is 3.56. The number of piperazine rings is 1. The fraction of sp³-hybridized carbons (Fsp3) is 0.350. The van der Waals surface area contributed by atoms with Gasteiger partial charge in [-0.3, -0.25) is 9.69 Å². The number of anilines is 1. The molecule has 0 aliphatic carbocycles. The van der Waals surface area contributed by atoms with Crippen molar-refractivity contribution in [1.29, 1.82) is 0 Å². The number of fused-ring (bicyclic) bond motifs is 1. The van der Waals surface area contributed by atoms with Crippen LogP contribution in [0.3, 0.4) is 0 Å². The molecule has 4 rings (SSSR count). The standard InChI is InChI=1S/C20H23N5O/c1-2-8-23-9-11-24(12-10-23)18-5-3-4-16(13-18)19-14-21-20-7-6-17(15-26)22-25(19)20/h3-7,13-15H,2,8-12H2,1H3. The van der Waals surface area contributed by atoms with Gasteiger partial charge < -0.3 is 4.90 Å². The van der Waals surface area contributed by atoms with Gasteiger partial charge in [0, 0.05) is 37.4 Å². The van der Waals surface area contributed by atoms with Crippen molar-refractivity contribution in [1.82, 2.24) is 19.5 Å². The number of carbonyl (C=O) groups is 1. The third-order valence-electron chi connectivity index (χ3n) is 4.92. The van der Waals surface area contributed by atoms with E-state index in [1.807, 2.05) is 12.3 Å². The van der Waals surface area contributed by atoms with Gasteiger partial charge in [-0.1, -0.05) is 19.1 Å². The van der Waals surface area contributed by atoms with Crippen molar-refractivity contribution in [2.75, 3.05) is 37.6 Å². The first-order valence-corrected chi connectivity index (χ1v) is 9.16. The third-order valence-corrected chi connectivity index (χ3v) is 4.92. The minimum absolute atomic E-state index is 0.403. The number of rotatable bonds is 5. The van der Waals surface area contributed by atoms with Crippen molar-refractivity contribution in [2.24, 2.45) is 0 Å². The lowest BCUT2D eigenvalue weighted by atomic mass is 10.1. The molecule has 1 aliphatic rings. The molecule has 0 unspecified atom stereocenters. The van der Waals surface area contributed by atoms with E-state index in [1.165, 1.54) is 18.7 Å². The van der Waals surface area contributed by atoms with Gasteiger partial charge in [-0.25, -0.2) is 9.50 Å². The van der Waals surface area contributed by atoms with Gasteiger partial charge in [0.05, 0.1) is 11.9 Å². The zero-order valence-electron chi connectivity index (χ0n) is 15.0. The molecule has 1 saturated heterocycles. The molecule has 0 bridgehead atoms. The molecular formula is C20H23N5O. The van der Waals surface area contributed by atoms with E-state index in [2.05, 4.69) is 51.1 Å². The summed E-state index contributed by atoms with van der Waals surface area (Å²) in [5, 5.41) is 4.37. The maximum atomic E-state index is 11.0. The molecule has 1 aliphatic heterocycles. The highest BCUT2D eigenvalue weighted by atomic mass is 16.1. The number of hydrogen-bond donors (Lipinski definition) is 0. The van der Waals surface area contributed by atoms with E-state index < -0.39 is 0 Å². The second-order valence-corrected chi connectivity index (χ2v) is 6.67. The molecule has 0 atom stereocenters. The minimum Gasteiger partial charge on any atom is -0.369 e. The van der Waals surface area contributed by atoms with Crippen LogP contribution >= 0.6 is 0 Å². The molecular weight excluding hydrogens is 326 g/mol. The van der Waals surface area contributed by atoms with E-state index in [4.69, 9.17) is 0 Å². The maximum Gasteiger partial charge on any atom is 0.170 e. The van der Waals surface area contributed by atoms with Crippen molar-refractivity contribution >= 4 is 17.6 Å². The lowest BCUT2D eigenvalue weighted by Gasteiger charge is -2.36. The summed E-state index contributed by atoms with van der Waals surface area (Å²) in [6.45, 7) is 7.72.